The van der Waals surface area contributed by atoms with E-state index in [0.717, 1.165) is 0 Å². The molecule has 0 aliphatic rings. The van der Waals surface area contributed by atoms with Crippen LogP contribution < -0.4 is 5.30 Å². The summed E-state index contributed by atoms with van der Waals surface area (Å²) < 4.78 is 10.5. The van der Waals surface area contributed by atoms with E-state index in [0.29, 0.717) is 0 Å². The van der Waals surface area contributed by atoms with Crippen molar-refractivity contribution in [1.29, 1.82) is 0 Å². The molecule has 0 spiro atoms. The third-order valence-corrected chi connectivity index (χ3v) is 2.67. The molecule has 2 N–H and O–H groups in total. The Morgan fingerprint density at radius 3 is 1.59 bits per heavy atom. The summed E-state index contributed by atoms with van der Waals surface area (Å²) in [5, 5.41) is 0.0648. The van der Waals surface area contributed by atoms with E-state index in [1.54, 1.807) is 18.2 Å². The summed E-state index contributed by atoms with van der Waals surface area (Å²) in [5.41, 5.74) is 0. The van der Waals surface area contributed by atoms with Gasteiger partial charge in [0.25, 0.3) is 0 Å². The average molecular weight is 379 g/mol. The minimum Gasteiger partial charge on any atom is -0.321 e. The molecule has 88 valence electrons. The number of hydrogen-bond acceptors (Lipinski definition) is 1. The molecule has 2 aromatic rings. The summed E-state index contributed by atoms with van der Waals surface area (Å²) >= 11 is 0. The second kappa shape index (κ2) is 8.95. The third-order valence-electron chi connectivity index (χ3n) is 1.70. The molecule has 5 heteroatoms. The van der Waals surface area contributed by atoms with Crippen LogP contribution in [0.2, 0.25) is 0 Å². The number of rotatable bonds is 1. The van der Waals surface area contributed by atoms with Crippen molar-refractivity contribution in [1.82, 2.24) is 0 Å². The molecule has 0 heterocycles. The Bertz CT molecular complexity index is 415. The van der Waals surface area contributed by atoms with E-state index in [2.05, 4.69) is 6.07 Å². The Morgan fingerprint density at radius 2 is 1.35 bits per heavy atom. The zero-order valence-electron chi connectivity index (χ0n) is 9.02. The van der Waals surface area contributed by atoms with E-state index in [-0.39, 0.29) is 46.1 Å². The molecule has 0 aromatic heterocycles. The van der Waals surface area contributed by atoms with E-state index in [1.165, 1.54) is 12.1 Å². The predicted molar refractivity (Wildman–Crippen MR) is 63.4 cm³/mol. The molecule has 0 aliphatic heterocycles. The van der Waals surface area contributed by atoms with Crippen molar-refractivity contribution in [3.63, 3.8) is 0 Å². The van der Waals surface area contributed by atoms with Crippen molar-refractivity contribution in [2.24, 2.45) is 0 Å². The maximum atomic E-state index is 10.5. The van der Waals surface area contributed by atoms with Crippen LogP contribution in [0.1, 0.15) is 0 Å². The Morgan fingerprint density at radius 1 is 0.882 bits per heavy atom. The molecule has 0 saturated heterocycles. The summed E-state index contributed by atoms with van der Waals surface area (Å²) in [4.78, 5) is 17.2. The Balaban J connectivity index is 0.000000316. The van der Waals surface area contributed by atoms with Crippen LogP contribution in [0, 0.1) is 46.9 Å². The standard InChI is InChI=1S/C6H7O3P.C6H5.Nd/c7-10(8,9)6-4-2-1-3-5-6;1-2-4-6-5-3-1;/h1-5H,(H2,7,8,9);1-5H;/q;-1;. The van der Waals surface area contributed by atoms with Gasteiger partial charge >= 0.3 is 7.60 Å². The topological polar surface area (TPSA) is 57.5 Å². The van der Waals surface area contributed by atoms with Crippen molar-refractivity contribution < 1.29 is 55.2 Å². The number of benzene rings is 2. The van der Waals surface area contributed by atoms with E-state index in [1.807, 2.05) is 30.3 Å². The second-order valence-electron chi connectivity index (χ2n) is 2.96. The molecule has 0 fully saturated rings. The van der Waals surface area contributed by atoms with Crippen LogP contribution in [-0.2, 0) is 4.57 Å². The molecule has 0 saturated carbocycles. The molecule has 2 aromatic carbocycles. The first kappa shape index (κ1) is 16.9. The second-order valence-corrected chi connectivity index (χ2v) is 4.56. The van der Waals surface area contributed by atoms with E-state index in [4.69, 9.17) is 9.79 Å². The van der Waals surface area contributed by atoms with Crippen molar-refractivity contribution in [2.75, 3.05) is 0 Å². The summed E-state index contributed by atoms with van der Waals surface area (Å²) in [5.74, 6) is 0. The van der Waals surface area contributed by atoms with Crippen LogP contribution >= 0.6 is 7.60 Å². The van der Waals surface area contributed by atoms with Gasteiger partial charge < -0.3 is 9.79 Å². The Hall–Kier alpha value is -0.0594. The van der Waals surface area contributed by atoms with Crippen LogP contribution in [-0.4, -0.2) is 9.79 Å². The molecule has 0 unspecified atom stereocenters. The molecule has 3 nitrogen and oxygen atoms in total. The summed E-state index contributed by atoms with van der Waals surface area (Å²) in [7, 11) is -4.02. The van der Waals surface area contributed by atoms with E-state index >= 15 is 0 Å². The largest absolute Gasteiger partial charge is 0.356 e. The minimum absolute atomic E-state index is 0. The van der Waals surface area contributed by atoms with Crippen LogP contribution in [0.25, 0.3) is 0 Å². The molecule has 2 rings (SSSR count). The van der Waals surface area contributed by atoms with Crippen LogP contribution in [0.15, 0.2) is 60.7 Å². The summed E-state index contributed by atoms with van der Waals surface area (Å²) in [6.45, 7) is 0. The quantitative estimate of drug-likeness (QED) is 0.589. The van der Waals surface area contributed by atoms with Gasteiger partial charge in [0.05, 0.1) is 5.30 Å². The first-order valence-corrected chi connectivity index (χ1v) is 6.24. The zero-order chi connectivity index (χ0) is 11.9. The van der Waals surface area contributed by atoms with Crippen molar-refractivity contribution in [2.45, 2.75) is 0 Å². The predicted octanol–water partition coefficient (Wildman–Crippen LogP) is 1.98. The molecule has 0 amide bonds. The van der Waals surface area contributed by atoms with Crippen LogP contribution in [0.4, 0.5) is 0 Å². The van der Waals surface area contributed by atoms with Gasteiger partial charge in [-0.1, -0.05) is 18.2 Å². The van der Waals surface area contributed by atoms with Crippen molar-refractivity contribution in [3.05, 3.63) is 66.7 Å². The molecule has 17 heavy (non-hydrogen) atoms. The summed E-state index contributed by atoms with van der Waals surface area (Å²) in [6, 6.07) is 20.2. The van der Waals surface area contributed by atoms with Gasteiger partial charge in [0.15, 0.2) is 0 Å². The van der Waals surface area contributed by atoms with Gasteiger partial charge in [-0.15, -0.1) is 0 Å². The Kier molecular flexibility index (Phi) is 8.92. The Labute approximate surface area is 134 Å². The SMILES string of the molecule is O=P(O)(O)c1ccccc1.[Nd].[c-]1ccccc1. The van der Waals surface area contributed by atoms with Crippen LogP contribution in [0.5, 0.6) is 0 Å². The molecule has 0 bridgehead atoms. The molecule has 0 aliphatic carbocycles. The van der Waals surface area contributed by atoms with Crippen molar-refractivity contribution >= 4 is 12.9 Å². The first-order chi connectivity index (χ1) is 7.61. The van der Waals surface area contributed by atoms with Gasteiger partial charge in [-0.25, -0.2) is 0 Å². The fourth-order valence-corrected chi connectivity index (χ4v) is 1.52. The first-order valence-electron chi connectivity index (χ1n) is 4.63. The molecule has 0 radical (unpaired) electrons. The van der Waals surface area contributed by atoms with E-state index < -0.39 is 7.60 Å². The van der Waals surface area contributed by atoms with Crippen molar-refractivity contribution in [3.8, 4) is 0 Å². The smallest absolute Gasteiger partial charge is 0.321 e. The van der Waals surface area contributed by atoms with E-state index in [9.17, 15) is 4.57 Å². The van der Waals surface area contributed by atoms with Gasteiger partial charge in [-0.2, -0.15) is 36.4 Å². The fraction of sp³-hybridized carbons (Fsp3) is 0. The summed E-state index contributed by atoms with van der Waals surface area (Å²) in [6.07, 6.45) is 0. The molecular formula is C12H12NdO3P-. The average Bonchev–Trinajstić information content (AvgIpc) is 2.32. The normalized spacial score (nSPS) is 9.53. The maximum Gasteiger partial charge on any atom is 0.356 e. The molecule has 0 atom stereocenters. The monoisotopic (exact) mass is 377 g/mol. The van der Waals surface area contributed by atoms with Crippen LogP contribution in [0.3, 0.4) is 0 Å². The zero-order valence-corrected chi connectivity index (χ0v) is 13.1. The number of hydrogen-bond donors (Lipinski definition) is 2. The van der Waals surface area contributed by atoms with Gasteiger partial charge in [0.1, 0.15) is 0 Å². The molecular weight excluding hydrogens is 367 g/mol. The third kappa shape index (κ3) is 7.79. The fourth-order valence-electron chi connectivity index (χ4n) is 0.964. The van der Waals surface area contributed by atoms with Gasteiger partial charge in [-0.3, -0.25) is 4.57 Å². The van der Waals surface area contributed by atoms with Gasteiger partial charge in [-0.05, 0) is 12.1 Å². The maximum absolute atomic E-state index is 10.5. The van der Waals surface area contributed by atoms with Gasteiger partial charge in [0.2, 0.25) is 0 Å². The minimum atomic E-state index is -4.02. The van der Waals surface area contributed by atoms with Gasteiger partial charge in [0, 0.05) is 40.8 Å².